The molecule has 0 bridgehead atoms. The van der Waals surface area contributed by atoms with Gasteiger partial charge in [0, 0.05) is 5.41 Å². The van der Waals surface area contributed by atoms with Gasteiger partial charge in [0.2, 0.25) is 0 Å². The van der Waals surface area contributed by atoms with Crippen LogP contribution in [-0.4, -0.2) is 11.7 Å². The molecule has 0 aliphatic heterocycles. The summed E-state index contributed by atoms with van der Waals surface area (Å²) in [6.45, 7) is 6.35. The molecule has 54 valence electrons. The molecule has 0 aromatic carbocycles. The molecule has 0 aromatic heterocycles. The van der Waals surface area contributed by atoms with Crippen LogP contribution in [0.4, 0.5) is 0 Å². The van der Waals surface area contributed by atoms with Gasteiger partial charge in [-0.25, -0.2) is 0 Å². The maximum atomic E-state index is 8.87. The summed E-state index contributed by atoms with van der Waals surface area (Å²) >= 11 is 0. The van der Waals surface area contributed by atoms with Crippen molar-refractivity contribution in [1.82, 2.24) is 0 Å². The molecule has 0 radical (unpaired) electrons. The van der Waals surface area contributed by atoms with Crippen LogP contribution in [0.2, 0.25) is 0 Å². The van der Waals surface area contributed by atoms with E-state index in [4.69, 9.17) is 5.11 Å². The first-order chi connectivity index (χ1) is 4.18. The number of allylic oxidation sites excluding steroid dienone is 1. The second-order valence-corrected chi connectivity index (χ2v) is 2.67. The van der Waals surface area contributed by atoms with Crippen LogP contribution in [0.25, 0.3) is 0 Å². The number of rotatable bonds is 3. The minimum Gasteiger partial charge on any atom is -0.395 e. The van der Waals surface area contributed by atoms with E-state index >= 15 is 0 Å². The van der Waals surface area contributed by atoms with Gasteiger partial charge in [-0.1, -0.05) is 26.0 Å². The SMILES string of the molecule is CC=CC(C)(CC)CO. The third kappa shape index (κ3) is 2.66. The van der Waals surface area contributed by atoms with Crippen LogP contribution in [0.1, 0.15) is 27.2 Å². The van der Waals surface area contributed by atoms with Crippen molar-refractivity contribution < 1.29 is 5.11 Å². The minimum atomic E-state index is 0.00868. The van der Waals surface area contributed by atoms with Crippen molar-refractivity contribution in [1.29, 1.82) is 0 Å². The lowest BCUT2D eigenvalue weighted by molar-refractivity contribution is 0.180. The maximum absolute atomic E-state index is 8.87. The molecule has 0 aliphatic rings. The van der Waals surface area contributed by atoms with E-state index in [-0.39, 0.29) is 12.0 Å². The molecule has 0 amide bonds. The summed E-state index contributed by atoms with van der Waals surface area (Å²) in [5.74, 6) is 0. The molecule has 1 unspecified atom stereocenters. The van der Waals surface area contributed by atoms with Crippen molar-refractivity contribution in [3.8, 4) is 0 Å². The zero-order chi connectivity index (χ0) is 7.33. The Morgan fingerprint density at radius 2 is 2.11 bits per heavy atom. The smallest absolute Gasteiger partial charge is 0.0519 e. The molecule has 0 aromatic rings. The molecule has 1 N–H and O–H groups in total. The fourth-order valence-corrected chi connectivity index (χ4v) is 0.685. The first-order valence-electron chi connectivity index (χ1n) is 3.43. The molecule has 0 rings (SSSR count). The first kappa shape index (κ1) is 8.70. The molecule has 0 aliphatic carbocycles. The molecular formula is C8H16O. The van der Waals surface area contributed by atoms with Crippen LogP contribution in [0, 0.1) is 5.41 Å². The van der Waals surface area contributed by atoms with Crippen LogP contribution >= 0.6 is 0 Å². The average molecular weight is 128 g/mol. The van der Waals surface area contributed by atoms with Gasteiger partial charge in [-0.15, -0.1) is 0 Å². The van der Waals surface area contributed by atoms with Crippen LogP contribution < -0.4 is 0 Å². The summed E-state index contributed by atoms with van der Waals surface area (Å²) in [6.07, 6.45) is 5.03. The van der Waals surface area contributed by atoms with E-state index in [2.05, 4.69) is 6.92 Å². The van der Waals surface area contributed by atoms with Crippen LogP contribution in [0.3, 0.4) is 0 Å². The maximum Gasteiger partial charge on any atom is 0.0519 e. The van der Waals surface area contributed by atoms with Gasteiger partial charge in [0.15, 0.2) is 0 Å². The Balaban J connectivity index is 3.92. The fourth-order valence-electron chi connectivity index (χ4n) is 0.685. The minimum absolute atomic E-state index is 0.00868. The highest BCUT2D eigenvalue weighted by Gasteiger charge is 2.15. The van der Waals surface area contributed by atoms with Gasteiger partial charge >= 0.3 is 0 Å². The Morgan fingerprint density at radius 3 is 2.22 bits per heavy atom. The predicted molar refractivity (Wildman–Crippen MR) is 40.3 cm³/mol. The lowest BCUT2D eigenvalue weighted by Crippen LogP contribution is -2.16. The molecule has 0 saturated carbocycles. The number of aliphatic hydroxyl groups is 1. The van der Waals surface area contributed by atoms with E-state index in [0.717, 1.165) is 6.42 Å². The molecular weight excluding hydrogens is 112 g/mol. The van der Waals surface area contributed by atoms with E-state index in [0.29, 0.717) is 0 Å². The number of aliphatic hydroxyl groups excluding tert-OH is 1. The highest BCUT2D eigenvalue weighted by molar-refractivity contribution is 4.94. The molecule has 9 heavy (non-hydrogen) atoms. The molecule has 1 atom stereocenters. The Hall–Kier alpha value is -0.300. The monoisotopic (exact) mass is 128 g/mol. The molecule has 0 fully saturated rings. The van der Waals surface area contributed by atoms with Gasteiger partial charge in [0.05, 0.1) is 6.61 Å². The standard InChI is InChI=1S/C8H16O/c1-4-6-8(3,5-2)7-9/h4,6,9H,5,7H2,1-3H3. The zero-order valence-corrected chi connectivity index (χ0v) is 6.52. The summed E-state index contributed by atoms with van der Waals surface area (Å²) in [7, 11) is 0. The molecule has 0 spiro atoms. The van der Waals surface area contributed by atoms with Gasteiger partial charge in [0.25, 0.3) is 0 Å². The Morgan fingerprint density at radius 1 is 1.56 bits per heavy atom. The van der Waals surface area contributed by atoms with Crippen LogP contribution in [-0.2, 0) is 0 Å². The van der Waals surface area contributed by atoms with Crippen molar-refractivity contribution in [3.05, 3.63) is 12.2 Å². The van der Waals surface area contributed by atoms with Crippen molar-refractivity contribution in [2.45, 2.75) is 27.2 Å². The highest BCUT2D eigenvalue weighted by atomic mass is 16.3. The van der Waals surface area contributed by atoms with Crippen LogP contribution in [0.15, 0.2) is 12.2 Å². The van der Waals surface area contributed by atoms with E-state index in [1.807, 2.05) is 26.0 Å². The predicted octanol–water partition coefficient (Wildman–Crippen LogP) is 1.97. The molecule has 1 heteroatoms. The molecule has 0 heterocycles. The summed E-state index contributed by atoms with van der Waals surface area (Å²) in [5.41, 5.74) is 0.00868. The zero-order valence-electron chi connectivity index (χ0n) is 6.52. The number of hydrogen-bond donors (Lipinski definition) is 1. The van der Waals surface area contributed by atoms with Gasteiger partial charge in [-0.05, 0) is 13.3 Å². The van der Waals surface area contributed by atoms with Crippen molar-refractivity contribution in [2.24, 2.45) is 5.41 Å². The van der Waals surface area contributed by atoms with Gasteiger partial charge in [-0.2, -0.15) is 0 Å². The summed E-state index contributed by atoms with van der Waals surface area (Å²) in [4.78, 5) is 0. The van der Waals surface area contributed by atoms with Crippen molar-refractivity contribution in [2.75, 3.05) is 6.61 Å². The topological polar surface area (TPSA) is 20.2 Å². The van der Waals surface area contributed by atoms with Gasteiger partial charge in [0.1, 0.15) is 0 Å². The molecule has 0 saturated heterocycles. The highest BCUT2D eigenvalue weighted by Crippen LogP contribution is 2.20. The van der Waals surface area contributed by atoms with E-state index in [1.54, 1.807) is 0 Å². The van der Waals surface area contributed by atoms with Gasteiger partial charge < -0.3 is 5.11 Å². The lowest BCUT2D eigenvalue weighted by Gasteiger charge is -2.19. The fraction of sp³-hybridized carbons (Fsp3) is 0.750. The Labute approximate surface area is 57.4 Å². The number of hydrogen-bond acceptors (Lipinski definition) is 1. The second-order valence-electron chi connectivity index (χ2n) is 2.67. The second kappa shape index (κ2) is 3.67. The summed E-state index contributed by atoms with van der Waals surface area (Å²) < 4.78 is 0. The average Bonchev–Trinajstić information content (AvgIpc) is 1.89. The van der Waals surface area contributed by atoms with E-state index in [9.17, 15) is 0 Å². The van der Waals surface area contributed by atoms with Gasteiger partial charge in [-0.3, -0.25) is 0 Å². The first-order valence-corrected chi connectivity index (χ1v) is 3.43. The summed E-state index contributed by atoms with van der Waals surface area (Å²) in [5, 5.41) is 8.87. The van der Waals surface area contributed by atoms with Crippen LogP contribution in [0.5, 0.6) is 0 Å². The summed E-state index contributed by atoms with van der Waals surface area (Å²) in [6, 6.07) is 0. The van der Waals surface area contributed by atoms with E-state index < -0.39 is 0 Å². The largest absolute Gasteiger partial charge is 0.395 e. The van der Waals surface area contributed by atoms with Crippen molar-refractivity contribution >= 4 is 0 Å². The lowest BCUT2D eigenvalue weighted by atomic mass is 9.88. The van der Waals surface area contributed by atoms with E-state index in [1.165, 1.54) is 0 Å². The van der Waals surface area contributed by atoms with Crippen molar-refractivity contribution in [3.63, 3.8) is 0 Å². The normalized spacial score (nSPS) is 18.2. The third-order valence-electron chi connectivity index (χ3n) is 1.74. The quantitative estimate of drug-likeness (QED) is 0.576. The Kier molecular flexibility index (Phi) is 3.55. The molecule has 1 nitrogen and oxygen atoms in total. The Bertz CT molecular complexity index is 90.7. The third-order valence-corrected chi connectivity index (χ3v) is 1.74.